The van der Waals surface area contributed by atoms with Crippen molar-refractivity contribution in [2.24, 2.45) is 5.92 Å². The molecule has 0 aliphatic carbocycles. The molecule has 0 spiro atoms. The second-order valence-electron chi connectivity index (χ2n) is 9.36. The largest absolute Gasteiger partial charge is 0.396 e. The minimum absolute atomic E-state index is 0.0821. The fraction of sp³-hybridized carbons (Fsp3) is 0.212. The third kappa shape index (κ3) is 6.94. The van der Waals surface area contributed by atoms with E-state index in [1.165, 1.54) is 5.56 Å². The highest BCUT2D eigenvalue weighted by Crippen LogP contribution is 2.22. The molecular formula is C33H32N2O2. The topological polar surface area (TPSA) is 73.1 Å². The van der Waals surface area contributed by atoms with Crippen LogP contribution in [0.2, 0.25) is 0 Å². The Kier molecular flexibility index (Phi) is 8.86. The third-order valence-electron chi connectivity index (χ3n) is 6.82. The van der Waals surface area contributed by atoms with Crippen LogP contribution in [0.5, 0.6) is 0 Å². The molecule has 2 N–H and O–H groups in total. The number of rotatable bonds is 10. The molecule has 37 heavy (non-hydrogen) atoms. The molecule has 2 atom stereocenters. The first kappa shape index (κ1) is 25.9. The van der Waals surface area contributed by atoms with Crippen LogP contribution in [0.25, 0.3) is 11.1 Å². The highest BCUT2D eigenvalue weighted by atomic mass is 16.3. The van der Waals surface area contributed by atoms with Crippen molar-refractivity contribution in [2.45, 2.75) is 32.2 Å². The van der Waals surface area contributed by atoms with Gasteiger partial charge in [-0.25, -0.2) is 0 Å². The monoisotopic (exact) mass is 488 g/mol. The summed E-state index contributed by atoms with van der Waals surface area (Å²) in [4.78, 5) is 13.3. The summed E-state index contributed by atoms with van der Waals surface area (Å²) in [5, 5.41) is 22.8. The molecule has 186 valence electrons. The van der Waals surface area contributed by atoms with Crippen molar-refractivity contribution in [3.63, 3.8) is 0 Å². The first-order valence-electron chi connectivity index (χ1n) is 12.7. The van der Waals surface area contributed by atoms with E-state index in [0.717, 1.165) is 28.7 Å². The van der Waals surface area contributed by atoms with Gasteiger partial charge in [0.05, 0.1) is 11.6 Å². The van der Waals surface area contributed by atoms with Gasteiger partial charge in [-0.05, 0) is 71.3 Å². The Hall–Kier alpha value is -4.20. The molecule has 4 heteroatoms. The average molecular weight is 489 g/mol. The zero-order valence-corrected chi connectivity index (χ0v) is 21.1. The van der Waals surface area contributed by atoms with Gasteiger partial charge in [0.15, 0.2) is 0 Å². The van der Waals surface area contributed by atoms with Crippen LogP contribution >= 0.6 is 0 Å². The summed E-state index contributed by atoms with van der Waals surface area (Å²) in [7, 11) is 0. The van der Waals surface area contributed by atoms with E-state index in [0.29, 0.717) is 24.0 Å². The lowest BCUT2D eigenvalue weighted by Gasteiger charge is -2.27. The van der Waals surface area contributed by atoms with Crippen LogP contribution in [0, 0.1) is 17.2 Å². The van der Waals surface area contributed by atoms with Crippen molar-refractivity contribution in [3.8, 4) is 17.2 Å². The summed E-state index contributed by atoms with van der Waals surface area (Å²) in [5.74, 6) is -0.382. The van der Waals surface area contributed by atoms with Gasteiger partial charge in [0.25, 0.3) is 5.91 Å². The van der Waals surface area contributed by atoms with Crippen LogP contribution < -0.4 is 5.32 Å². The van der Waals surface area contributed by atoms with Gasteiger partial charge in [-0.2, -0.15) is 5.26 Å². The zero-order chi connectivity index (χ0) is 26.0. The van der Waals surface area contributed by atoms with Crippen molar-refractivity contribution >= 4 is 5.91 Å². The molecule has 0 fully saturated rings. The van der Waals surface area contributed by atoms with E-state index in [4.69, 9.17) is 0 Å². The van der Waals surface area contributed by atoms with Gasteiger partial charge >= 0.3 is 0 Å². The lowest BCUT2D eigenvalue weighted by Crippen LogP contribution is -2.44. The van der Waals surface area contributed by atoms with Crippen LogP contribution in [0.15, 0.2) is 103 Å². The Morgan fingerprint density at radius 2 is 1.46 bits per heavy atom. The molecule has 0 saturated heterocycles. The number of benzene rings is 4. The number of aliphatic hydroxyl groups excluding tert-OH is 1. The molecule has 0 bridgehead atoms. The first-order valence-corrected chi connectivity index (χ1v) is 12.7. The molecule has 0 aromatic heterocycles. The number of nitriles is 1. The summed E-state index contributed by atoms with van der Waals surface area (Å²) in [6.07, 6.45) is 2.15. The van der Waals surface area contributed by atoms with E-state index in [9.17, 15) is 15.2 Å². The quantitative estimate of drug-likeness (QED) is 0.288. The maximum absolute atomic E-state index is 13.3. The molecule has 4 rings (SSSR count). The van der Waals surface area contributed by atoms with Crippen LogP contribution in [0.3, 0.4) is 0 Å². The molecule has 0 aliphatic heterocycles. The maximum atomic E-state index is 13.3. The summed E-state index contributed by atoms with van der Waals surface area (Å²) in [5.41, 5.74) is 6.68. The fourth-order valence-corrected chi connectivity index (χ4v) is 4.61. The van der Waals surface area contributed by atoms with Gasteiger partial charge in [0.1, 0.15) is 0 Å². The van der Waals surface area contributed by atoms with Crippen molar-refractivity contribution in [1.82, 2.24) is 5.32 Å². The summed E-state index contributed by atoms with van der Waals surface area (Å²) < 4.78 is 0. The lowest BCUT2D eigenvalue weighted by atomic mass is 9.88. The average Bonchev–Trinajstić information content (AvgIpc) is 2.96. The van der Waals surface area contributed by atoms with Gasteiger partial charge < -0.3 is 10.4 Å². The lowest BCUT2D eigenvalue weighted by molar-refractivity contribution is 0.0903. The number of aryl methyl sites for hydroxylation is 1. The van der Waals surface area contributed by atoms with E-state index < -0.39 is 0 Å². The molecule has 1 amide bonds. The van der Waals surface area contributed by atoms with E-state index in [-0.39, 0.29) is 24.5 Å². The van der Waals surface area contributed by atoms with Crippen LogP contribution in [0.4, 0.5) is 0 Å². The Morgan fingerprint density at radius 3 is 2.08 bits per heavy atom. The predicted molar refractivity (Wildman–Crippen MR) is 148 cm³/mol. The van der Waals surface area contributed by atoms with Crippen molar-refractivity contribution in [2.75, 3.05) is 6.61 Å². The highest BCUT2D eigenvalue weighted by molar-refractivity contribution is 5.95. The van der Waals surface area contributed by atoms with Crippen molar-refractivity contribution in [3.05, 3.63) is 131 Å². The Morgan fingerprint density at radius 1 is 0.811 bits per heavy atom. The number of nitrogens with one attached hydrogen (secondary N) is 1. The van der Waals surface area contributed by atoms with Gasteiger partial charge in [-0.15, -0.1) is 0 Å². The Balaban J connectivity index is 1.53. The van der Waals surface area contributed by atoms with Crippen LogP contribution in [-0.4, -0.2) is 23.7 Å². The highest BCUT2D eigenvalue weighted by Gasteiger charge is 2.24. The van der Waals surface area contributed by atoms with Gasteiger partial charge in [-0.1, -0.05) is 85.8 Å². The smallest absolute Gasteiger partial charge is 0.251 e. The van der Waals surface area contributed by atoms with Gasteiger partial charge in [-0.3, -0.25) is 4.79 Å². The summed E-state index contributed by atoms with van der Waals surface area (Å²) in [6.45, 7) is 2.06. The van der Waals surface area contributed by atoms with Gasteiger partial charge in [0.2, 0.25) is 0 Å². The number of carbonyl (C=O) groups is 1. The number of nitrogens with zero attached hydrogens (tertiary/aromatic N) is 1. The first-order chi connectivity index (χ1) is 18.1. The number of amides is 1. The standard InChI is InChI=1S/C33H32N2O2/c1-2-24-11-13-28(14-12-24)29-15-17-30(18-16-29)33(37)35-32(21-25-7-4-3-5-8-25)31(23-36)20-26-9-6-10-27(19-26)22-34/h3-19,31-32,36H,2,20-21,23H2,1H3,(H,35,37). The fourth-order valence-electron chi connectivity index (χ4n) is 4.61. The number of hydrogen-bond acceptors (Lipinski definition) is 3. The van der Waals surface area contributed by atoms with Crippen molar-refractivity contribution in [1.29, 1.82) is 5.26 Å². The second-order valence-corrected chi connectivity index (χ2v) is 9.36. The van der Waals surface area contributed by atoms with Gasteiger partial charge in [0, 0.05) is 24.1 Å². The molecule has 4 nitrogen and oxygen atoms in total. The molecule has 0 aliphatic rings. The molecule has 4 aromatic rings. The van der Waals surface area contributed by atoms with E-state index >= 15 is 0 Å². The molecule has 4 aromatic carbocycles. The van der Waals surface area contributed by atoms with E-state index in [1.807, 2.05) is 72.8 Å². The SMILES string of the molecule is CCc1ccc(-c2ccc(C(=O)NC(Cc3ccccc3)C(CO)Cc3cccc(C#N)c3)cc2)cc1. The maximum Gasteiger partial charge on any atom is 0.251 e. The van der Waals surface area contributed by atoms with Crippen molar-refractivity contribution < 1.29 is 9.90 Å². The second kappa shape index (κ2) is 12.7. The third-order valence-corrected chi connectivity index (χ3v) is 6.82. The zero-order valence-electron chi connectivity index (χ0n) is 21.1. The molecular weight excluding hydrogens is 456 g/mol. The normalized spacial score (nSPS) is 12.4. The number of hydrogen-bond donors (Lipinski definition) is 2. The molecule has 0 saturated carbocycles. The van der Waals surface area contributed by atoms with Crippen LogP contribution in [0.1, 0.15) is 39.5 Å². The van der Waals surface area contributed by atoms with E-state index in [2.05, 4.69) is 42.6 Å². The van der Waals surface area contributed by atoms with Crippen LogP contribution in [-0.2, 0) is 19.3 Å². The number of carbonyl (C=O) groups excluding carboxylic acids is 1. The molecule has 0 radical (unpaired) electrons. The number of aliphatic hydroxyl groups is 1. The Bertz CT molecular complexity index is 1340. The van der Waals surface area contributed by atoms with E-state index in [1.54, 1.807) is 6.07 Å². The Labute approximate surface area is 219 Å². The predicted octanol–water partition coefficient (Wildman–Crippen LogP) is 5.98. The summed E-state index contributed by atoms with van der Waals surface area (Å²) in [6, 6.07) is 35.4. The molecule has 2 unspecified atom stereocenters. The summed E-state index contributed by atoms with van der Waals surface area (Å²) >= 11 is 0. The minimum atomic E-state index is -0.285. The molecule has 0 heterocycles. The minimum Gasteiger partial charge on any atom is -0.396 e.